The molecular weight excluding hydrogens is 396 g/mol. The summed E-state index contributed by atoms with van der Waals surface area (Å²) in [6, 6.07) is 5.67. The standard InChI is InChI=1S/C19H32N4O3S2/c1-13(2)11-12-20-18(27)22-21-17(24)14(3)23-28(25,26)16-9-7-15(8-10-16)19(4,5)6/h7-10,13-14,23H,11-12H2,1-6H3,(H,21,24)(H2,20,22,27)/t14-/m0/s1. The first kappa shape index (κ1) is 24.3. The van der Waals surface area contributed by atoms with Crippen LogP contribution >= 0.6 is 12.2 Å². The van der Waals surface area contributed by atoms with Gasteiger partial charge >= 0.3 is 0 Å². The fraction of sp³-hybridized carbons (Fsp3) is 0.579. The van der Waals surface area contributed by atoms with Crippen molar-refractivity contribution in [3.05, 3.63) is 29.8 Å². The van der Waals surface area contributed by atoms with Crippen molar-refractivity contribution in [3.8, 4) is 0 Å². The summed E-state index contributed by atoms with van der Waals surface area (Å²) in [4.78, 5) is 12.2. The summed E-state index contributed by atoms with van der Waals surface area (Å²) in [5.41, 5.74) is 5.93. The second kappa shape index (κ2) is 10.2. The lowest BCUT2D eigenvalue weighted by Crippen LogP contribution is -2.53. The maximum Gasteiger partial charge on any atom is 0.256 e. The van der Waals surface area contributed by atoms with Crippen LogP contribution in [0.3, 0.4) is 0 Å². The van der Waals surface area contributed by atoms with Crippen LogP contribution in [-0.4, -0.2) is 32.0 Å². The number of rotatable bonds is 7. The van der Waals surface area contributed by atoms with Crippen molar-refractivity contribution in [2.75, 3.05) is 6.54 Å². The molecule has 28 heavy (non-hydrogen) atoms. The van der Waals surface area contributed by atoms with Gasteiger partial charge in [-0.15, -0.1) is 0 Å². The van der Waals surface area contributed by atoms with Gasteiger partial charge < -0.3 is 5.32 Å². The first-order valence-electron chi connectivity index (χ1n) is 9.29. The molecule has 0 saturated heterocycles. The van der Waals surface area contributed by atoms with E-state index in [4.69, 9.17) is 12.2 Å². The van der Waals surface area contributed by atoms with E-state index in [0.717, 1.165) is 12.0 Å². The monoisotopic (exact) mass is 428 g/mol. The van der Waals surface area contributed by atoms with Gasteiger partial charge in [0.2, 0.25) is 10.0 Å². The van der Waals surface area contributed by atoms with Crippen molar-refractivity contribution in [2.45, 2.75) is 64.3 Å². The Morgan fingerprint density at radius 1 is 1.07 bits per heavy atom. The van der Waals surface area contributed by atoms with E-state index in [1.807, 2.05) is 0 Å². The van der Waals surface area contributed by atoms with Gasteiger partial charge in [0.1, 0.15) is 0 Å². The van der Waals surface area contributed by atoms with Crippen LogP contribution in [0.4, 0.5) is 0 Å². The number of thiocarbonyl (C=S) groups is 1. The Morgan fingerprint density at radius 3 is 2.14 bits per heavy atom. The Hall–Kier alpha value is -1.71. The summed E-state index contributed by atoms with van der Waals surface area (Å²) in [6.07, 6.45) is 0.944. The average molecular weight is 429 g/mol. The van der Waals surface area contributed by atoms with Gasteiger partial charge in [0.05, 0.1) is 10.9 Å². The zero-order valence-corrected chi connectivity index (χ0v) is 19.1. The molecule has 0 aliphatic heterocycles. The summed E-state index contributed by atoms with van der Waals surface area (Å²) in [7, 11) is -3.82. The van der Waals surface area contributed by atoms with Crippen molar-refractivity contribution in [3.63, 3.8) is 0 Å². The number of carbonyl (C=O) groups excluding carboxylic acids is 1. The van der Waals surface area contributed by atoms with Gasteiger partial charge in [-0.3, -0.25) is 15.6 Å². The molecule has 1 aromatic carbocycles. The van der Waals surface area contributed by atoms with Crippen molar-refractivity contribution in [1.82, 2.24) is 20.9 Å². The molecule has 0 spiro atoms. The molecule has 158 valence electrons. The van der Waals surface area contributed by atoms with E-state index in [9.17, 15) is 13.2 Å². The Balaban J connectivity index is 2.59. The van der Waals surface area contributed by atoms with Crippen LogP contribution < -0.4 is 20.9 Å². The molecule has 0 aromatic heterocycles. The molecule has 1 atom stereocenters. The van der Waals surface area contributed by atoms with Crippen LogP contribution in [0.15, 0.2) is 29.2 Å². The summed E-state index contributed by atoms with van der Waals surface area (Å²) < 4.78 is 27.4. The minimum Gasteiger partial charge on any atom is -0.361 e. The zero-order chi connectivity index (χ0) is 21.5. The summed E-state index contributed by atoms with van der Waals surface area (Å²) in [5.74, 6) is -0.000296. The Morgan fingerprint density at radius 2 is 1.64 bits per heavy atom. The topological polar surface area (TPSA) is 99.3 Å². The minimum atomic E-state index is -3.82. The highest BCUT2D eigenvalue weighted by atomic mass is 32.2. The minimum absolute atomic E-state index is 0.0732. The second-order valence-corrected chi connectivity index (χ2v) is 10.3. The van der Waals surface area contributed by atoms with Crippen LogP contribution in [0.1, 0.15) is 53.5 Å². The largest absolute Gasteiger partial charge is 0.361 e. The van der Waals surface area contributed by atoms with E-state index >= 15 is 0 Å². The first-order valence-corrected chi connectivity index (χ1v) is 11.2. The Kier molecular flexibility index (Phi) is 8.84. The van der Waals surface area contributed by atoms with Crippen molar-refractivity contribution < 1.29 is 13.2 Å². The van der Waals surface area contributed by atoms with Gasteiger partial charge in [0.15, 0.2) is 5.11 Å². The van der Waals surface area contributed by atoms with Gasteiger partial charge in [-0.2, -0.15) is 4.72 Å². The van der Waals surface area contributed by atoms with E-state index in [0.29, 0.717) is 12.5 Å². The molecule has 1 amide bonds. The number of nitrogens with one attached hydrogen (secondary N) is 4. The summed E-state index contributed by atoms with van der Waals surface area (Å²) >= 11 is 5.06. The van der Waals surface area contributed by atoms with E-state index < -0.39 is 22.0 Å². The van der Waals surface area contributed by atoms with Crippen LogP contribution in [0.5, 0.6) is 0 Å². The maximum absolute atomic E-state index is 12.5. The quantitative estimate of drug-likeness (QED) is 0.392. The second-order valence-electron chi connectivity index (χ2n) is 8.17. The number of benzene rings is 1. The van der Waals surface area contributed by atoms with Crippen molar-refractivity contribution >= 4 is 33.3 Å². The molecule has 0 heterocycles. The molecule has 0 aliphatic rings. The predicted molar refractivity (Wildman–Crippen MR) is 116 cm³/mol. The third-order valence-corrected chi connectivity index (χ3v) is 5.87. The smallest absolute Gasteiger partial charge is 0.256 e. The van der Waals surface area contributed by atoms with Gasteiger partial charge in [-0.25, -0.2) is 8.42 Å². The van der Waals surface area contributed by atoms with E-state index in [2.05, 4.69) is 55.5 Å². The number of carbonyl (C=O) groups is 1. The van der Waals surface area contributed by atoms with Gasteiger partial charge in [0.25, 0.3) is 5.91 Å². The highest BCUT2D eigenvalue weighted by molar-refractivity contribution is 7.89. The zero-order valence-electron chi connectivity index (χ0n) is 17.4. The van der Waals surface area contributed by atoms with Crippen LogP contribution in [-0.2, 0) is 20.2 Å². The average Bonchev–Trinajstić information content (AvgIpc) is 2.58. The lowest BCUT2D eigenvalue weighted by Gasteiger charge is -2.20. The van der Waals surface area contributed by atoms with Crippen LogP contribution in [0.25, 0.3) is 0 Å². The van der Waals surface area contributed by atoms with Crippen LogP contribution in [0, 0.1) is 5.92 Å². The lowest BCUT2D eigenvalue weighted by molar-refractivity contribution is -0.122. The van der Waals surface area contributed by atoms with Gasteiger partial charge in [-0.1, -0.05) is 46.8 Å². The fourth-order valence-corrected chi connectivity index (χ4v) is 3.59. The van der Waals surface area contributed by atoms with Gasteiger partial charge in [-0.05, 0) is 54.6 Å². The number of hydrogen-bond acceptors (Lipinski definition) is 4. The molecule has 0 unspecified atom stereocenters. The molecule has 0 aliphatic carbocycles. The summed E-state index contributed by atoms with van der Waals surface area (Å²) in [6.45, 7) is 12.5. The van der Waals surface area contributed by atoms with E-state index in [-0.39, 0.29) is 15.4 Å². The van der Waals surface area contributed by atoms with E-state index in [1.165, 1.54) is 6.92 Å². The van der Waals surface area contributed by atoms with E-state index in [1.54, 1.807) is 24.3 Å². The molecular formula is C19H32N4O3S2. The maximum atomic E-state index is 12.5. The molecule has 1 aromatic rings. The molecule has 7 nitrogen and oxygen atoms in total. The number of amides is 1. The fourth-order valence-electron chi connectivity index (χ4n) is 2.23. The third-order valence-electron chi connectivity index (χ3n) is 4.06. The molecule has 0 radical (unpaired) electrons. The number of hydrogen-bond donors (Lipinski definition) is 4. The Bertz CT molecular complexity index is 769. The first-order chi connectivity index (χ1) is 12.8. The number of sulfonamides is 1. The number of hydrazine groups is 1. The highest BCUT2D eigenvalue weighted by Crippen LogP contribution is 2.23. The molecule has 0 saturated carbocycles. The third kappa shape index (κ3) is 8.12. The lowest BCUT2D eigenvalue weighted by atomic mass is 9.87. The van der Waals surface area contributed by atoms with Crippen molar-refractivity contribution in [1.29, 1.82) is 0 Å². The normalized spacial score (nSPS) is 13.1. The van der Waals surface area contributed by atoms with Crippen molar-refractivity contribution in [2.24, 2.45) is 5.92 Å². The molecule has 0 bridgehead atoms. The van der Waals surface area contributed by atoms with Crippen LogP contribution in [0.2, 0.25) is 0 Å². The summed E-state index contributed by atoms with van der Waals surface area (Å²) in [5, 5.41) is 3.25. The molecule has 9 heteroatoms. The van der Waals surface area contributed by atoms with Gasteiger partial charge in [0, 0.05) is 6.54 Å². The highest BCUT2D eigenvalue weighted by Gasteiger charge is 2.23. The molecule has 1 rings (SSSR count). The predicted octanol–water partition coefficient (Wildman–Crippen LogP) is 2.19. The Labute approximate surface area is 174 Å². The molecule has 4 N–H and O–H groups in total. The SMILES string of the molecule is CC(C)CCNC(=S)NNC(=O)[C@H](C)NS(=O)(=O)c1ccc(C(C)(C)C)cc1. The molecule has 0 fully saturated rings.